The number of amides is 1. The summed E-state index contributed by atoms with van der Waals surface area (Å²) < 4.78 is 33.5. The SMILES string of the molecule is Cc1cccnc1-c1ccnc(N2CCC(F)(F)C2)c1NC(=O)c1ccc(OC(C)C)nc1. The molecule has 0 aliphatic carbocycles. The van der Waals surface area contributed by atoms with Crippen LogP contribution in [0.15, 0.2) is 48.9 Å². The number of carbonyl (C=O) groups excluding carboxylic acids is 1. The number of carbonyl (C=O) groups is 1. The number of pyridine rings is 3. The average Bonchev–Trinajstić information content (AvgIpc) is 3.14. The van der Waals surface area contributed by atoms with Gasteiger partial charge in [-0.25, -0.2) is 18.7 Å². The minimum atomic E-state index is -2.81. The molecule has 33 heavy (non-hydrogen) atoms. The summed E-state index contributed by atoms with van der Waals surface area (Å²) in [6.45, 7) is 5.34. The monoisotopic (exact) mass is 453 g/mol. The van der Waals surface area contributed by atoms with E-state index in [1.807, 2.05) is 32.9 Å². The van der Waals surface area contributed by atoms with Crippen molar-refractivity contribution < 1.29 is 18.3 Å². The lowest BCUT2D eigenvalue weighted by Gasteiger charge is -2.23. The molecule has 1 aliphatic heterocycles. The van der Waals surface area contributed by atoms with Crippen molar-refractivity contribution >= 4 is 17.4 Å². The normalized spacial score (nSPS) is 15.0. The lowest BCUT2D eigenvalue weighted by molar-refractivity contribution is 0.0257. The molecule has 9 heteroatoms. The number of ether oxygens (including phenoxy) is 1. The van der Waals surface area contributed by atoms with Gasteiger partial charge in [-0.15, -0.1) is 0 Å². The van der Waals surface area contributed by atoms with Crippen LogP contribution in [0, 0.1) is 6.92 Å². The second-order valence-electron chi connectivity index (χ2n) is 8.26. The second kappa shape index (κ2) is 9.09. The maximum Gasteiger partial charge on any atom is 0.266 e. The predicted molar refractivity (Wildman–Crippen MR) is 122 cm³/mol. The number of nitrogens with one attached hydrogen (secondary N) is 1. The Balaban J connectivity index is 1.72. The Morgan fingerprint density at radius 2 is 1.97 bits per heavy atom. The highest BCUT2D eigenvalue weighted by Crippen LogP contribution is 2.39. The summed E-state index contributed by atoms with van der Waals surface area (Å²) in [5, 5.41) is 2.88. The van der Waals surface area contributed by atoms with Gasteiger partial charge in [0.25, 0.3) is 11.8 Å². The van der Waals surface area contributed by atoms with E-state index in [0.29, 0.717) is 28.4 Å². The van der Waals surface area contributed by atoms with Crippen molar-refractivity contribution in [2.45, 2.75) is 39.2 Å². The van der Waals surface area contributed by atoms with E-state index in [0.717, 1.165) is 5.56 Å². The van der Waals surface area contributed by atoms with Gasteiger partial charge in [-0.1, -0.05) is 6.07 Å². The smallest absolute Gasteiger partial charge is 0.266 e. The van der Waals surface area contributed by atoms with Gasteiger partial charge >= 0.3 is 0 Å². The van der Waals surface area contributed by atoms with E-state index in [4.69, 9.17) is 4.74 Å². The Hall–Kier alpha value is -3.62. The lowest BCUT2D eigenvalue weighted by Crippen LogP contribution is -2.27. The highest BCUT2D eigenvalue weighted by Gasteiger charge is 2.40. The third-order valence-corrected chi connectivity index (χ3v) is 5.26. The standard InChI is InChI=1S/C24H25F2N5O2/c1-15(2)33-19-7-6-17(13-29-19)23(32)30-21-18(20-16(3)5-4-10-27-20)8-11-28-22(21)31-12-9-24(25,26)14-31/h4-8,10-11,13,15H,9,12,14H2,1-3H3,(H,30,32). The second-order valence-corrected chi connectivity index (χ2v) is 8.26. The van der Waals surface area contributed by atoms with Gasteiger partial charge in [0.1, 0.15) is 0 Å². The quantitative estimate of drug-likeness (QED) is 0.581. The van der Waals surface area contributed by atoms with E-state index < -0.39 is 18.4 Å². The number of anilines is 2. The summed E-state index contributed by atoms with van der Waals surface area (Å²) in [5.41, 5.74) is 2.77. The molecule has 172 valence electrons. The van der Waals surface area contributed by atoms with Gasteiger partial charge < -0.3 is 15.0 Å². The Morgan fingerprint density at radius 1 is 1.15 bits per heavy atom. The molecule has 0 bridgehead atoms. The summed E-state index contributed by atoms with van der Waals surface area (Å²) in [7, 11) is 0. The van der Waals surface area contributed by atoms with Crippen LogP contribution in [0.1, 0.15) is 36.2 Å². The van der Waals surface area contributed by atoms with Crippen LogP contribution in [0.2, 0.25) is 0 Å². The maximum absolute atomic E-state index is 14.0. The summed E-state index contributed by atoms with van der Waals surface area (Å²) >= 11 is 0. The van der Waals surface area contributed by atoms with Crippen molar-refractivity contribution in [2.24, 2.45) is 0 Å². The van der Waals surface area contributed by atoms with Crippen LogP contribution in [0.3, 0.4) is 0 Å². The van der Waals surface area contributed by atoms with Crippen molar-refractivity contribution in [1.82, 2.24) is 15.0 Å². The molecule has 7 nitrogen and oxygen atoms in total. The van der Waals surface area contributed by atoms with Crippen molar-refractivity contribution in [2.75, 3.05) is 23.3 Å². The van der Waals surface area contributed by atoms with E-state index in [2.05, 4.69) is 20.3 Å². The molecule has 1 fully saturated rings. The first-order valence-corrected chi connectivity index (χ1v) is 10.7. The topological polar surface area (TPSA) is 80.2 Å². The molecular formula is C24H25F2N5O2. The zero-order chi connectivity index (χ0) is 23.6. The van der Waals surface area contributed by atoms with E-state index in [9.17, 15) is 13.6 Å². The van der Waals surface area contributed by atoms with E-state index >= 15 is 0 Å². The van der Waals surface area contributed by atoms with E-state index in [1.54, 1.807) is 30.6 Å². The number of nitrogens with zero attached hydrogens (tertiary/aromatic N) is 4. The Labute approximate surface area is 190 Å². The number of halogens is 2. The third kappa shape index (κ3) is 5.08. The molecule has 0 unspecified atom stereocenters. The zero-order valence-corrected chi connectivity index (χ0v) is 18.7. The molecule has 4 heterocycles. The molecule has 1 saturated heterocycles. The molecule has 3 aromatic heterocycles. The summed E-state index contributed by atoms with van der Waals surface area (Å²) in [6.07, 6.45) is 4.30. The fraction of sp³-hybridized carbons (Fsp3) is 0.333. The molecular weight excluding hydrogens is 428 g/mol. The maximum atomic E-state index is 14.0. The first-order valence-electron chi connectivity index (χ1n) is 10.7. The molecule has 0 radical (unpaired) electrons. The van der Waals surface area contributed by atoms with Crippen molar-refractivity contribution in [1.29, 1.82) is 0 Å². The number of alkyl halides is 2. The highest BCUT2D eigenvalue weighted by atomic mass is 19.3. The van der Waals surface area contributed by atoms with E-state index in [-0.39, 0.29) is 24.9 Å². The van der Waals surface area contributed by atoms with Gasteiger partial charge in [-0.2, -0.15) is 0 Å². The van der Waals surface area contributed by atoms with Gasteiger partial charge in [0.2, 0.25) is 5.88 Å². The number of hydrogen-bond acceptors (Lipinski definition) is 6. The van der Waals surface area contributed by atoms with Crippen LogP contribution < -0.4 is 15.0 Å². The molecule has 4 rings (SSSR count). The number of hydrogen-bond donors (Lipinski definition) is 1. The fourth-order valence-corrected chi connectivity index (χ4v) is 3.71. The number of rotatable bonds is 6. The minimum Gasteiger partial charge on any atom is -0.475 e. The molecule has 0 aromatic carbocycles. The molecule has 0 saturated carbocycles. The van der Waals surface area contributed by atoms with Crippen LogP contribution in [-0.4, -0.2) is 46.0 Å². The number of aromatic nitrogens is 3. The average molecular weight is 453 g/mol. The molecule has 1 amide bonds. The van der Waals surface area contributed by atoms with Gasteiger partial charge in [0.15, 0.2) is 5.82 Å². The van der Waals surface area contributed by atoms with Crippen LogP contribution in [-0.2, 0) is 0 Å². The van der Waals surface area contributed by atoms with Crippen molar-refractivity contribution in [3.05, 3.63) is 60.0 Å². The molecule has 1 aliphatic rings. The first kappa shape index (κ1) is 22.6. The van der Waals surface area contributed by atoms with Gasteiger partial charge in [0.05, 0.1) is 29.6 Å². The minimum absolute atomic E-state index is 0.0436. The van der Waals surface area contributed by atoms with Crippen LogP contribution in [0.5, 0.6) is 5.88 Å². The van der Waals surface area contributed by atoms with Crippen molar-refractivity contribution in [3.8, 4) is 17.1 Å². The van der Waals surface area contributed by atoms with Gasteiger partial charge in [-0.05, 0) is 44.5 Å². The zero-order valence-electron chi connectivity index (χ0n) is 18.7. The lowest BCUT2D eigenvalue weighted by atomic mass is 10.1. The van der Waals surface area contributed by atoms with Crippen LogP contribution >= 0.6 is 0 Å². The Bertz CT molecular complexity index is 1150. The highest BCUT2D eigenvalue weighted by molar-refractivity contribution is 6.08. The van der Waals surface area contributed by atoms with Crippen LogP contribution in [0.25, 0.3) is 11.3 Å². The third-order valence-electron chi connectivity index (χ3n) is 5.26. The molecule has 3 aromatic rings. The summed E-state index contributed by atoms with van der Waals surface area (Å²) in [5.74, 6) is -2.55. The number of aryl methyl sites for hydroxylation is 1. The Morgan fingerprint density at radius 3 is 2.61 bits per heavy atom. The summed E-state index contributed by atoms with van der Waals surface area (Å²) in [6, 6.07) is 8.65. The van der Waals surface area contributed by atoms with Crippen molar-refractivity contribution in [3.63, 3.8) is 0 Å². The molecule has 1 N–H and O–H groups in total. The molecule has 0 atom stereocenters. The first-order chi connectivity index (χ1) is 15.7. The largest absolute Gasteiger partial charge is 0.475 e. The van der Waals surface area contributed by atoms with Gasteiger partial charge in [0, 0.05) is 43.2 Å². The summed E-state index contributed by atoms with van der Waals surface area (Å²) in [4.78, 5) is 27.6. The Kier molecular flexibility index (Phi) is 6.22. The van der Waals surface area contributed by atoms with Gasteiger partial charge in [-0.3, -0.25) is 9.78 Å². The predicted octanol–water partition coefficient (Wildman–Crippen LogP) is 4.73. The fourth-order valence-electron chi connectivity index (χ4n) is 3.71. The van der Waals surface area contributed by atoms with E-state index in [1.165, 1.54) is 11.1 Å². The molecule has 0 spiro atoms. The van der Waals surface area contributed by atoms with Crippen LogP contribution in [0.4, 0.5) is 20.3 Å².